The largest absolute Gasteiger partial charge is 0.496 e. The Morgan fingerprint density at radius 2 is 2.00 bits per heavy atom. The van der Waals surface area contributed by atoms with E-state index >= 15 is 0 Å². The topological polar surface area (TPSA) is 55.8 Å². The van der Waals surface area contributed by atoms with Gasteiger partial charge in [-0.25, -0.2) is 0 Å². The molecule has 124 valence electrons. The molecule has 0 aliphatic rings. The number of hydrogen-bond donors (Lipinski definition) is 1. The first-order valence-corrected chi connectivity index (χ1v) is 7.80. The molecule has 0 fully saturated rings. The summed E-state index contributed by atoms with van der Waals surface area (Å²) in [5.74, 6) is 0.650. The van der Waals surface area contributed by atoms with Crippen molar-refractivity contribution in [2.24, 2.45) is 0 Å². The first kappa shape index (κ1) is 18.5. The van der Waals surface area contributed by atoms with Gasteiger partial charge in [0, 0.05) is 12.0 Å². The molecular formula is C18H28O4. The van der Waals surface area contributed by atoms with E-state index in [0.29, 0.717) is 12.8 Å². The second-order valence-electron chi connectivity index (χ2n) is 6.18. The highest BCUT2D eigenvalue weighted by Gasteiger charge is 2.24. The summed E-state index contributed by atoms with van der Waals surface area (Å²) in [6, 6.07) is 4.20. The molecule has 22 heavy (non-hydrogen) atoms. The van der Waals surface area contributed by atoms with Gasteiger partial charge >= 0.3 is 5.97 Å². The first-order chi connectivity index (χ1) is 10.4. The molecule has 0 unspecified atom stereocenters. The zero-order valence-electron chi connectivity index (χ0n) is 14.4. The van der Waals surface area contributed by atoms with Gasteiger partial charge in [-0.15, -0.1) is 0 Å². The van der Waals surface area contributed by atoms with Crippen LogP contribution in [0.2, 0.25) is 0 Å². The van der Waals surface area contributed by atoms with Crippen LogP contribution in [0.5, 0.6) is 5.75 Å². The highest BCUT2D eigenvalue weighted by molar-refractivity contribution is 5.69. The van der Waals surface area contributed by atoms with Gasteiger partial charge in [-0.2, -0.15) is 0 Å². The molecule has 4 nitrogen and oxygen atoms in total. The lowest BCUT2D eigenvalue weighted by Crippen LogP contribution is -2.18. The van der Waals surface area contributed by atoms with Gasteiger partial charge < -0.3 is 14.6 Å². The Bertz CT molecular complexity index is 506. The van der Waals surface area contributed by atoms with Crippen LogP contribution in [0.25, 0.3) is 0 Å². The number of carbonyl (C=O) groups is 1. The summed E-state index contributed by atoms with van der Waals surface area (Å²) < 4.78 is 10.5. The third kappa shape index (κ3) is 4.73. The van der Waals surface area contributed by atoms with Crippen molar-refractivity contribution >= 4 is 5.97 Å². The number of methoxy groups -OCH3 is 1. The predicted octanol–water partition coefficient (Wildman–Crippen LogP) is 3.16. The van der Waals surface area contributed by atoms with E-state index in [4.69, 9.17) is 14.6 Å². The number of rotatable bonds is 8. The van der Waals surface area contributed by atoms with Crippen molar-refractivity contribution in [3.8, 4) is 5.75 Å². The molecule has 0 spiro atoms. The SMILES string of the molecule is CCC(C)(C)c1cc(CCC(=O)OCCO)cc(C)c1OC. The lowest BCUT2D eigenvalue weighted by Gasteiger charge is -2.27. The van der Waals surface area contributed by atoms with Gasteiger partial charge in [0.1, 0.15) is 12.4 Å². The summed E-state index contributed by atoms with van der Waals surface area (Å²) in [4.78, 5) is 11.6. The second kappa shape index (κ2) is 8.18. The molecule has 0 aliphatic heterocycles. The molecule has 0 amide bonds. The minimum absolute atomic E-state index is 0.0174. The third-order valence-electron chi connectivity index (χ3n) is 4.12. The van der Waals surface area contributed by atoms with Crippen LogP contribution < -0.4 is 4.74 Å². The number of aliphatic hydroxyl groups is 1. The molecule has 0 aliphatic carbocycles. The summed E-state index contributed by atoms with van der Waals surface area (Å²) in [7, 11) is 1.70. The first-order valence-electron chi connectivity index (χ1n) is 7.80. The Morgan fingerprint density at radius 3 is 2.55 bits per heavy atom. The van der Waals surface area contributed by atoms with E-state index in [0.717, 1.165) is 23.3 Å². The van der Waals surface area contributed by atoms with Crippen molar-refractivity contribution in [1.29, 1.82) is 0 Å². The van der Waals surface area contributed by atoms with Gasteiger partial charge in [-0.3, -0.25) is 4.79 Å². The third-order valence-corrected chi connectivity index (χ3v) is 4.12. The van der Waals surface area contributed by atoms with Crippen LogP contribution in [-0.4, -0.2) is 31.4 Å². The molecule has 0 radical (unpaired) electrons. The Hall–Kier alpha value is -1.55. The smallest absolute Gasteiger partial charge is 0.306 e. The van der Waals surface area contributed by atoms with E-state index in [-0.39, 0.29) is 24.6 Å². The number of carbonyl (C=O) groups excluding carboxylic acids is 1. The van der Waals surface area contributed by atoms with Gasteiger partial charge in [0.05, 0.1) is 13.7 Å². The summed E-state index contributed by atoms with van der Waals surface area (Å²) in [6.07, 6.45) is 1.95. The maximum Gasteiger partial charge on any atom is 0.306 e. The highest BCUT2D eigenvalue weighted by Crippen LogP contribution is 2.37. The molecular weight excluding hydrogens is 280 g/mol. The lowest BCUT2D eigenvalue weighted by atomic mass is 9.80. The Labute approximate surface area is 133 Å². The number of ether oxygens (including phenoxy) is 2. The number of aryl methyl sites for hydroxylation is 2. The van der Waals surface area contributed by atoms with Gasteiger partial charge in [0.25, 0.3) is 0 Å². The van der Waals surface area contributed by atoms with Crippen molar-refractivity contribution in [3.05, 3.63) is 28.8 Å². The summed E-state index contributed by atoms with van der Waals surface area (Å²) in [6.45, 7) is 8.51. The zero-order valence-corrected chi connectivity index (χ0v) is 14.4. The molecule has 1 rings (SSSR count). The maximum atomic E-state index is 11.6. The van der Waals surface area contributed by atoms with E-state index in [1.54, 1.807) is 7.11 Å². The molecule has 1 aromatic rings. The molecule has 0 heterocycles. The van der Waals surface area contributed by atoms with E-state index < -0.39 is 0 Å². The fraction of sp³-hybridized carbons (Fsp3) is 0.611. The van der Waals surface area contributed by atoms with Crippen molar-refractivity contribution in [1.82, 2.24) is 0 Å². The number of aliphatic hydroxyl groups excluding tert-OH is 1. The molecule has 0 saturated carbocycles. The van der Waals surface area contributed by atoms with Gasteiger partial charge in [0.2, 0.25) is 0 Å². The van der Waals surface area contributed by atoms with E-state index in [9.17, 15) is 4.79 Å². The molecule has 0 bridgehead atoms. The highest BCUT2D eigenvalue weighted by atomic mass is 16.5. The van der Waals surface area contributed by atoms with Crippen LogP contribution in [0.4, 0.5) is 0 Å². The average Bonchev–Trinajstić information content (AvgIpc) is 2.50. The Balaban J connectivity index is 2.96. The normalized spacial score (nSPS) is 11.4. The number of esters is 1. The van der Waals surface area contributed by atoms with Crippen molar-refractivity contribution < 1.29 is 19.4 Å². The molecule has 0 aromatic heterocycles. The number of hydrogen-bond acceptors (Lipinski definition) is 4. The van der Waals surface area contributed by atoms with Gasteiger partial charge in [-0.05, 0) is 36.3 Å². The molecule has 0 saturated heterocycles. The monoisotopic (exact) mass is 308 g/mol. The summed E-state index contributed by atoms with van der Waals surface area (Å²) >= 11 is 0. The summed E-state index contributed by atoms with van der Waals surface area (Å²) in [5.41, 5.74) is 3.39. The Morgan fingerprint density at radius 1 is 1.32 bits per heavy atom. The quantitative estimate of drug-likeness (QED) is 0.750. The van der Waals surface area contributed by atoms with E-state index in [1.165, 1.54) is 5.56 Å². The van der Waals surface area contributed by atoms with Gasteiger partial charge in [0.15, 0.2) is 0 Å². The van der Waals surface area contributed by atoms with Crippen LogP contribution in [0.3, 0.4) is 0 Å². The van der Waals surface area contributed by atoms with Crippen LogP contribution in [0.15, 0.2) is 12.1 Å². The number of benzene rings is 1. The fourth-order valence-corrected chi connectivity index (χ4v) is 2.44. The second-order valence-corrected chi connectivity index (χ2v) is 6.18. The minimum Gasteiger partial charge on any atom is -0.496 e. The lowest BCUT2D eigenvalue weighted by molar-refractivity contribution is -0.144. The van der Waals surface area contributed by atoms with E-state index in [2.05, 4.69) is 32.9 Å². The molecule has 0 atom stereocenters. The predicted molar refractivity (Wildman–Crippen MR) is 87.4 cm³/mol. The van der Waals surface area contributed by atoms with Crippen molar-refractivity contribution in [2.45, 2.75) is 52.4 Å². The Kier molecular flexibility index (Phi) is 6.88. The van der Waals surface area contributed by atoms with Crippen molar-refractivity contribution in [2.75, 3.05) is 20.3 Å². The maximum absolute atomic E-state index is 11.6. The zero-order chi connectivity index (χ0) is 16.8. The summed E-state index contributed by atoms with van der Waals surface area (Å²) in [5, 5.41) is 8.66. The molecule has 4 heteroatoms. The standard InChI is InChI=1S/C18H28O4/c1-6-18(3,4)15-12-14(11-13(2)17(15)21-5)7-8-16(20)22-10-9-19/h11-12,19H,6-10H2,1-5H3. The van der Waals surface area contributed by atoms with Crippen LogP contribution in [0.1, 0.15) is 50.3 Å². The van der Waals surface area contributed by atoms with Crippen LogP contribution >= 0.6 is 0 Å². The van der Waals surface area contributed by atoms with Crippen LogP contribution in [0, 0.1) is 6.92 Å². The van der Waals surface area contributed by atoms with E-state index in [1.807, 2.05) is 6.92 Å². The van der Waals surface area contributed by atoms with Crippen LogP contribution in [-0.2, 0) is 21.4 Å². The minimum atomic E-state index is -0.279. The fourth-order valence-electron chi connectivity index (χ4n) is 2.44. The average molecular weight is 308 g/mol. The molecule has 1 aromatic carbocycles. The van der Waals surface area contributed by atoms with Gasteiger partial charge in [-0.1, -0.05) is 32.9 Å². The van der Waals surface area contributed by atoms with Crippen molar-refractivity contribution in [3.63, 3.8) is 0 Å². The molecule has 1 N–H and O–H groups in total.